The molecule has 0 spiro atoms. The molecule has 5 heterocycles. The van der Waals surface area contributed by atoms with Crippen molar-refractivity contribution in [3.05, 3.63) is 46.7 Å². The van der Waals surface area contributed by atoms with Crippen molar-refractivity contribution in [3.8, 4) is 10.6 Å². The summed E-state index contributed by atoms with van der Waals surface area (Å²) in [6.45, 7) is 2.95. The number of carbonyl (C=O) groups is 2. The molecule has 5 rings (SSSR count). The molecule has 0 aromatic carbocycles. The zero-order valence-electron chi connectivity index (χ0n) is 17.0. The Hall–Kier alpha value is -2.94. The van der Waals surface area contributed by atoms with E-state index in [1.54, 1.807) is 32.9 Å². The van der Waals surface area contributed by atoms with E-state index in [0.717, 1.165) is 42.1 Å². The van der Waals surface area contributed by atoms with Gasteiger partial charge in [-0.15, -0.1) is 11.3 Å². The molecule has 0 saturated carbocycles. The average Bonchev–Trinajstić information content (AvgIpc) is 3.51. The van der Waals surface area contributed by atoms with E-state index in [-0.39, 0.29) is 11.8 Å². The van der Waals surface area contributed by atoms with E-state index in [0.29, 0.717) is 37.6 Å². The molecule has 1 saturated heterocycles. The summed E-state index contributed by atoms with van der Waals surface area (Å²) >= 11 is 1.60. The summed E-state index contributed by atoms with van der Waals surface area (Å²) in [5.41, 5.74) is 3.06. The molecule has 0 aliphatic carbocycles. The Morgan fingerprint density at radius 1 is 0.967 bits per heavy atom. The number of aryl methyl sites for hydroxylation is 3. The zero-order chi connectivity index (χ0) is 20.7. The van der Waals surface area contributed by atoms with E-state index < -0.39 is 0 Å². The van der Waals surface area contributed by atoms with Gasteiger partial charge in [0.1, 0.15) is 11.4 Å². The number of nitrogens with zero attached hydrogens (tertiary/aromatic N) is 6. The topological polar surface area (TPSA) is 76.3 Å². The highest BCUT2D eigenvalue weighted by Gasteiger charge is 2.29. The molecule has 3 aromatic rings. The second-order valence-electron chi connectivity index (χ2n) is 7.80. The molecule has 156 valence electrons. The van der Waals surface area contributed by atoms with Crippen LogP contribution in [0.2, 0.25) is 0 Å². The van der Waals surface area contributed by atoms with Gasteiger partial charge in [-0.25, -0.2) is 0 Å². The lowest BCUT2D eigenvalue weighted by atomic mass is 10.1. The van der Waals surface area contributed by atoms with Gasteiger partial charge in [0.25, 0.3) is 11.8 Å². The van der Waals surface area contributed by atoms with Crippen molar-refractivity contribution in [2.45, 2.75) is 25.8 Å². The molecule has 3 aromatic heterocycles. The first-order chi connectivity index (χ1) is 14.6. The smallest absolute Gasteiger partial charge is 0.274 e. The molecule has 0 radical (unpaired) electrons. The summed E-state index contributed by atoms with van der Waals surface area (Å²) in [6, 6.07) is 7.75. The van der Waals surface area contributed by atoms with E-state index in [9.17, 15) is 9.59 Å². The van der Waals surface area contributed by atoms with Crippen molar-refractivity contribution in [1.82, 2.24) is 29.4 Å². The third-order valence-corrected chi connectivity index (χ3v) is 6.75. The molecule has 30 heavy (non-hydrogen) atoms. The maximum atomic E-state index is 13.0. The minimum Gasteiger partial charge on any atom is -0.334 e. The van der Waals surface area contributed by atoms with Gasteiger partial charge in [-0.3, -0.25) is 19.0 Å². The molecule has 0 bridgehead atoms. The monoisotopic (exact) mass is 424 g/mol. The van der Waals surface area contributed by atoms with E-state index in [4.69, 9.17) is 0 Å². The van der Waals surface area contributed by atoms with Crippen molar-refractivity contribution in [2.24, 2.45) is 7.05 Å². The Bertz CT molecular complexity index is 1050. The maximum Gasteiger partial charge on any atom is 0.274 e. The third-order valence-electron chi connectivity index (χ3n) is 5.86. The quantitative estimate of drug-likeness (QED) is 0.646. The second-order valence-corrected chi connectivity index (χ2v) is 8.75. The Morgan fingerprint density at radius 2 is 1.73 bits per heavy atom. The van der Waals surface area contributed by atoms with Crippen LogP contribution in [0, 0.1) is 0 Å². The van der Waals surface area contributed by atoms with Gasteiger partial charge < -0.3 is 9.80 Å². The molecule has 9 heteroatoms. The number of carbonyl (C=O) groups excluding carboxylic acids is 2. The summed E-state index contributed by atoms with van der Waals surface area (Å²) in [4.78, 5) is 30.6. The normalized spacial score (nSPS) is 16.6. The minimum absolute atomic E-state index is 0.0375. The zero-order valence-corrected chi connectivity index (χ0v) is 17.8. The lowest BCUT2D eigenvalue weighted by Gasteiger charge is -2.34. The van der Waals surface area contributed by atoms with Crippen LogP contribution in [0.1, 0.15) is 39.5 Å². The number of fused-ring (bicyclic) bond motifs is 1. The van der Waals surface area contributed by atoms with E-state index >= 15 is 0 Å². The molecule has 2 aliphatic heterocycles. The fourth-order valence-corrected chi connectivity index (χ4v) is 4.85. The van der Waals surface area contributed by atoms with Crippen molar-refractivity contribution in [2.75, 3.05) is 26.2 Å². The van der Waals surface area contributed by atoms with Crippen LogP contribution < -0.4 is 0 Å². The van der Waals surface area contributed by atoms with Crippen LogP contribution in [0.15, 0.2) is 29.6 Å². The Morgan fingerprint density at radius 3 is 2.43 bits per heavy atom. The molecule has 2 amide bonds. The molecule has 0 unspecified atom stereocenters. The number of hydrogen-bond acceptors (Lipinski definition) is 5. The highest BCUT2D eigenvalue weighted by Crippen LogP contribution is 2.24. The highest BCUT2D eigenvalue weighted by atomic mass is 32.1. The van der Waals surface area contributed by atoms with Crippen LogP contribution in [-0.4, -0.2) is 67.4 Å². The predicted octanol–water partition coefficient (Wildman–Crippen LogP) is 2.28. The van der Waals surface area contributed by atoms with Gasteiger partial charge in [-0.1, -0.05) is 6.07 Å². The van der Waals surface area contributed by atoms with Gasteiger partial charge in [0.2, 0.25) is 0 Å². The number of hydrogen-bond donors (Lipinski definition) is 0. The number of rotatable bonds is 3. The van der Waals surface area contributed by atoms with E-state index in [1.165, 1.54) is 0 Å². The van der Waals surface area contributed by atoms with Gasteiger partial charge in [-0.05, 0) is 42.8 Å². The first-order valence-corrected chi connectivity index (χ1v) is 11.2. The van der Waals surface area contributed by atoms with Crippen LogP contribution in [0.25, 0.3) is 10.6 Å². The first-order valence-electron chi connectivity index (χ1n) is 10.3. The summed E-state index contributed by atoms with van der Waals surface area (Å²) in [6.07, 6.45) is 3.26. The summed E-state index contributed by atoms with van der Waals surface area (Å²) in [5.74, 6) is -0.0816. The van der Waals surface area contributed by atoms with Crippen LogP contribution >= 0.6 is 11.3 Å². The number of piperazine rings is 1. The highest BCUT2D eigenvalue weighted by molar-refractivity contribution is 7.13. The fraction of sp³-hybridized carbons (Fsp3) is 0.429. The third kappa shape index (κ3) is 3.43. The van der Waals surface area contributed by atoms with Crippen LogP contribution in [-0.2, 0) is 20.0 Å². The Labute approximate surface area is 178 Å². The summed E-state index contributed by atoms with van der Waals surface area (Å²) < 4.78 is 3.61. The average molecular weight is 425 g/mol. The molecular formula is C21H24N6O2S. The van der Waals surface area contributed by atoms with Crippen molar-refractivity contribution in [1.29, 1.82) is 0 Å². The molecule has 1 fully saturated rings. The van der Waals surface area contributed by atoms with Crippen molar-refractivity contribution >= 4 is 23.2 Å². The predicted molar refractivity (Wildman–Crippen MR) is 113 cm³/mol. The van der Waals surface area contributed by atoms with Crippen molar-refractivity contribution in [3.63, 3.8) is 0 Å². The van der Waals surface area contributed by atoms with Crippen LogP contribution in [0.4, 0.5) is 0 Å². The van der Waals surface area contributed by atoms with E-state index in [2.05, 4.69) is 10.2 Å². The van der Waals surface area contributed by atoms with Crippen LogP contribution in [0.5, 0.6) is 0 Å². The molecule has 2 aliphatic rings. The van der Waals surface area contributed by atoms with Gasteiger partial charge in [0, 0.05) is 45.5 Å². The fourth-order valence-electron chi connectivity index (χ4n) is 4.17. The second kappa shape index (κ2) is 7.71. The van der Waals surface area contributed by atoms with E-state index in [1.807, 2.05) is 34.3 Å². The standard InChI is InChI=1S/C21H24N6O2S/c1-24-18(14-16(22-24)19-6-4-12-30-19)21(29)26-10-8-25(9-11-26)20(28)17-13-15-5-2-3-7-27(15)23-17/h4,6,12-14H,2-3,5,7-11H2,1H3. The van der Waals surface area contributed by atoms with Gasteiger partial charge in [-0.2, -0.15) is 10.2 Å². The molecule has 8 nitrogen and oxygen atoms in total. The summed E-state index contributed by atoms with van der Waals surface area (Å²) in [5, 5.41) is 11.0. The summed E-state index contributed by atoms with van der Waals surface area (Å²) in [7, 11) is 1.80. The lowest BCUT2D eigenvalue weighted by molar-refractivity contribution is 0.0526. The first kappa shape index (κ1) is 19.0. The maximum absolute atomic E-state index is 13.0. The number of amides is 2. The molecule has 0 atom stereocenters. The Kier molecular flexibility index (Phi) is 4.90. The van der Waals surface area contributed by atoms with Crippen molar-refractivity contribution < 1.29 is 9.59 Å². The lowest BCUT2D eigenvalue weighted by Crippen LogP contribution is -2.51. The number of aromatic nitrogens is 4. The van der Waals surface area contributed by atoms with Gasteiger partial charge >= 0.3 is 0 Å². The molecular weight excluding hydrogens is 400 g/mol. The van der Waals surface area contributed by atoms with Crippen LogP contribution in [0.3, 0.4) is 0 Å². The Balaban J connectivity index is 1.24. The SMILES string of the molecule is Cn1nc(-c2cccs2)cc1C(=O)N1CCN(C(=O)c2cc3n(n2)CCCC3)CC1. The van der Waals surface area contributed by atoms with Gasteiger partial charge in [0.05, 0.1) is 4.88 Å². The van der Waals surface area contributed by atoms with Gasteiger partial charge in [0.15, 0.2) is 5.69 Å². The largest absolute Gasteiger partial charge is 0.334 e. The number of thiophene rings is 1. The minimum atomic E-state index is -0.0441. The molecule has 0 N–H and O–H groups in total.